The molecule has 1 aromatic carbocycles. The van der Waals surface area contributed by atoms with Gasteiger partial charge in [-0.25, -0.2) is 0 Å². The van der Waals surface area contributed by atoms with E-state index in [1.54, 1.807) is 0 Å². The molecule has 0 saturated carbocycles. The van der Waals surface area contributed by atoms with Gasteiger partial charge >= 0.3 is 0 Å². The van der Waals surface area contributed by atoms with Gasteiger partial charge in [-0.05, 0) is 43.0 Å². The molecule has 2 heteroatoms. The van der Waals surface area contributed by atoms with Crippen LogP contribution in [0.2, 0.25) is 0 Å². The van der Waals surface area contributed by atoms with Crippen molar-refractivity contribution in [2.45, 2.75) is 53.0 Å². The molecule has 0 radical (unpaired) electrons. The van der Waals surface area contributed by atoms with Crippen molar-refractivity contribution in [3.8, 4) is 0 Å². The number of aryl methyl sites for hydroxylation is 1. The predicted molar refractivity (Wildman–Crippen MR) is 98.8 cm³/mol. The summed E-state index contributed by atoms with van der Waals surface area (Å²) in [6.07, 6.45) is 6.40. The Bertz CT molecular complexity index is 710. The summed E-state index contributed by atoms with van der Waals surface area (Å²) in [7, 11) is 0. The first-order chi connectivity index (χ1) is 11.2. The lowest BCUT2D eigenvalue weighted by molar-refractivity contribution is 0.726. The molecule has 0 saturated heterocycles. The van der Waals surface area contributed by atoms with Crippen molar-refractivity contribution in [2.24, 2.45) is 0 Å². The smallest absolute Gasteiger partial charge is 0.258 e. The molecule has 1 aromatic heterocycles. The maximum Gasteiger partial charge on any atom is 0.258 e. The van der Waals surface area contributed by atoms with Crippen LogP contribution < -0.4 is 5.56 Å². The quantitative estimate of drug-likeness (QED) is 0.690. The summed E-state index contributed by atoms with van der Waals surface area (Å²) >= 11 is 0. The summed E-state index contributed by atoms with van der Waals surface area (Å²) in [6.45, 7) is 6.97. The maximum absolute atomic E-state index is 13.0. The van der Waals surface area contributed by atoms with E-state index in [0.29, 0.717) is 6.54 Å². The second-order valence-electron chi connectivity index (χ2n) is 6.03. The zero-order valence-electron chi connectivity index (χ0n) is 14.5. The predicted octanol–water partition coefficient (Wildman–Crippen LogP) is 5.19. The summed E-state index contributed by atoms with van der Waals surface area (Å²) in [5, 5.41) is 0. The minimum Gasteiger partial charge on any atom is -0.308 e. The monoisotopic (exact) mass is 309 g/mol. The lowest BCUT2D eigenvalue weighted by Crippen LogP contribution is -2.25. The van der Waals surface area contributed by atoms with Crippen LogP contribution in [0.5, 0.6) is 0 Å². The average Bonchev–Trinajstić information content (AvgIpc) is 2.57. The second-order valence-corrected chi connectivity index (χ2v) is 6.03. The molecule has 0 atom stereocenters. The summed E-state index contributed by atoms with van der Waals surface area (Å²) in [6, 6.07) is 14.2. The zero-order valence-corrected chi connectivity index (χ0v) is 14.5. The molecule has 0 N–H and O–H groups in total. The molecule has 122 valence electrons. The van der Waals surface area contributed by atoms with Crippen molar-refractivity contribution in [3.63, 3.8) is 0 Å². The Balaban J connectivity index is 2.43. The summed E-state index contributed by atoms with van der Waals surface area (Å²) in [4.78, 5) is 13.0. The van der Waals surface area contributed by atoms with Crippen LogP contribution in [0, 0.1) is 6.92 Å². The van der Waals surface area contributed by atoms with Crippen LogP contribution in [0.3, 0.4) is 0 Å². The minimum atomic E-state index is 0.129. The molecule has 2 rings (SSSR count). The minimum absolute atomic E-state index is 0.129. The number of aromatic nitrogens is 1. The summed E-state index contributed by atoms with van der Waals surface area (Å²) in [5.41, 5.74) is 4.35. The van der Waals surface area contributed by atoms with Crippen molar-refractivity contribution in [3.05, 3.63) is 75.7 Å². The van der Waals surface area contributed by atoms with E-state index in [1.165, 1.54) is 5.57 Å². The van der Waals surface area contributed by atoms with Crippen LogP contribution >= 0.6 is 0 Å². The number of hydrogen-bond donors (Lipinski definition) is 0. The van der Waals surface area contributed by atoms with Gasteiger partial charge in [-0.3, -0.25) is 4.79 Å². The first-order valence-corrected chi connectivity index (χ1v) is 8.61. The van der Waals surface area contributed by atoms with Gasteiger partial charge in [0.05, 0.1) is 6.54 Å². The Labute approximate surface area is 139 Å². The van der Waals surface area contributed by atoms with Gasteiger partial charge in [0.2, 0.25) is 0 Å². The van der Waals surface area contributed by atoms with Crippen LogP contribution in [0.25, 0.3) is 5.57 Å². The fraction of sp³-hybridized carbons (Fsp3) is 0.381. The van der Waals surface area contributed by atoms with E-state index in [2.05, 4.69) is 38.1 Å². The Morgan fingerprint density at radius 1 is 1.04 bits per heavy atom. The standard InChI is InChI=1S/C21H27NO/c1-4-6-13-19(10-5-2)20-15-14-17(3)22(21(20)23)16-18-11-8-7-9-12-18/h7-9,11-15H,4-6,10,16H2,1-3H3. The number of benzene rings is 1. The van der Waals surface area contributed by atoms with E-state index in [1.807, 2.05) is 35.8 Å². The van der Waals surface area contributed by atoms with Crippen LogP contribution in [-0.4, -0.2) is 4.57 Å². The fourth-order valence-electron chi connectivity index (χ4n) is 2.81. The number of pyridine rings is 1. The third-order valence-corrected chi connectivity index (χ3v) is 4.12. The van der Waals surface area contributed by atoms with Gasteiger partial charge in [0.1, 0.15) is 0 Å². The molecule has 0 fully saturated rings. The Hall–Kier alpha value is -2.09. The molecule has 0 amide bonds. The van der Waals surface area contributed by atoms with E-state index in [4.69, 9.17) is 0 Å². The molecule has 2 nitrogen and oxygen atoms in total. The van der Waals surface area contributed by atoms with Gasteiger partial charge in [0, 0.05) is 11.3 Å². The van der Waals surface area contributed by atoms with Crippen molar-refractivity contribution in [1.82, 2.24) is 4.57 Å². The van der Waals surface area contributed by atoms with E-state index < -0.39 is 0 Å². The Morgan fingerprint density at radius 2 is 1.78 bits per heavy atom. The first-order valence-electron chi connectivity index (χ1n) is 8.61. The number of allylic oxidation sites excluding steroid dienone is 2. The highest BCUT2D eigenvalue weighted by molar-refractivity contribution is 5.64. The highest BCUT2D eigenvalue weighted by atomic mass is 16.1. The third kappa shape index (κ3) is 4.44. The lowest BCUT2D eigenvalue weighted by atomic mass is 10.0. The number of rotatable bonds is 7. The molecule has 0 aliphatic heterocycles. The highest BCUT2D eigenvalue weighted by Gasteiger charge is 2.10. The van der Waals surface area contributed by atoms with E-state index in [9.17, 15) is 4.79 Å². The molecular weight excluding hydrogens is 282 g/mol. The molecular formula is C21H27NO. The highest BCUT2D eigenvalue weighted by Crippen LogP contribution is 2.19. The van der Waals surface area contributed by atoms with Crippen LogP contribution in [0.1, 0.15) is 56.4 Å². The Morgan fingerprint density at radius 3 is 2.43 bits per heavy atom. The molecule has 0 spiro atoms. The van der Waals surface area contributed by atoms with Gasteiger partial charge in [0.25, 0.3) is 5.56 Å². The van der Waals surface area contributed by atoms with Crippen LogP contribution in [0.4, 0.5) is 0 Å². The van der Waals surface area contributed by atoms with Gasteiger partial charge in [-0.1, -0.05) is 63.1 Å². The number of hydrogen-bond acceptors (Lipinski definition) is 1. The molecule has 0 unspecified atom stereocenters. The summed E-state index contributed by atoms with van der Waals surface area (Å²) < 4.78 is 1.89. The largest absolute Gasteiger partial charge is 0.308 e. The Kier molecular flexibility index (Phi) is 6.40. The van der Waals surface area contributed by atoms with E-state index >= 15 is 0 Å². The number of nitrogens with zero attached hydrogens (tertiary/aromatic N) is 1. The second kappa shape index (κ2) is 8.52. The molecule has 2 aromatic rings. The zero-order chi connectivity index (χ0) is 16.7. The topological polar surface area (TPSA) is 22.0 Å². The van der Waals surface area contributed by atoms with Gasteiger partial charge in [0.15, 0.2) is 0 Å². The van der Waals surface area contributed by atoms with Crippen molar-refractivity contribution in [1.29, 1.82) is 0 Å². The first kappa shape index (κ1) is 17.3. The molecule has 0 aliphatic rings. The molecule has 0 aliphatic carbocycles. The van der Waals surface area contributed by atoms with Crippen LogP contribution in [0.15, 0.2) is 53.3 Å². The van der Waals surface area contributed by atoms with Crippen molar-refractivity contribution < 1.29 is 0 Å². The van der Waals surface area contributed by atoms with E-state index in [0.717, 1.165) is 42.5 Å². The van der Waals surface area contributed by atoms with Gasteiger partial charge in [-0.15, -0.1) is 0 Å². The van der Waals surface area contributed by atoms with Gasteiger partial charge < -0.3 is 4.57 Å². The van der Waals surface area contributed by atoms with Crippen molar-refractivity contribution >= 4 is 5.57 Å². The van der Waals surface area contributed by atoms with Crippen molar-refractivity contribution in [2.75, 3.05) is 0 Å². The molecule has 0 bridgehead atoms. The molecule has 1 heterocycles. The SMILES string of the molecule is CCCC=C(CCC)c1ccc(C)n(Cc2ccccc2)c1=O. The molecule has 23 heavy (non-hydrogen) atoms. The fourth-order valence-corrected chi connectivity index (χ4v) is 2.81. The summed E-state index contributed by atoms with van der Waals surface area (Å²) in [5.74, 6) is 0. The maximum atomic E-state index is 13.0. The lowest BCUT2D eigenvalue weighted by Gasteiger charge is -2.14. The average molecular weight is 309 g/mol. The third-order valence-electron chi connectivity index (χ3n) is 4.12. The normalized spacial score (nSPS) is 11.7. The number of unbranched alkanes of at least 4 members (excludes halogenated alkanes) is 1. The van der Waals surface area contributed by atoms with Gasteiger partial charge in [-0.2, -0.15) is 0 Å². The van der Waals surface area contributed by atoms with Crippen LogP contribution in [-0.2, 0) is 6.54 Å². The van der Waals surface area contributed by atoms with E-state index in [-0.39, 0.29) is 5.56 Å².